The van der Waals surface area contributed by atoms with Crippen LogP contribution in [0.5, 0.6) is 5.75 Å². The molecule has 132 valence electrons. The van der Waals surface area contributed by atoms with Crippen LogP contribution < -0.4 is 10.6 Å². The molecular formula is C19H30N4O. The molecule has 1 aromatic rings. The van der Waals surface area contributed by atoms with Crippen molar-refractivity contribution in [1.82, 2.24) is 10.2 Å². The number of benzene rings is 1. The van der Waals surface area contributed by atoms with Crippen molar-refractivity contribution in [3.63, 3.8) is 0 Å². The van der Waals surface area contributed by atoms with Crippen molar-refractivity contribution in [3.05, 3.63) is 24.3 Å². The number of para-hydroxylation sites is 2. The van der Waals surface area contributed by atoms with Gasteiger partial charge < -0.3 is 20.6 Å². The molecular weight excluding hydrogens is 300 g/mol. The normalized spacial score (nSPS) is 26.4. The number of aliphatic imine (C=N–C) groups is 1. The second-order valence-electron chi connectivity index (χ2n) is 7.26. The Bertz CT molecular complexity index is 558. The summed E-state index contributed by atoms with van der Waals surface area (Å²) in [6.45, 7) is 6.27. The summed E-state index contributed by atoms with van der Waals surface area (Å²) in [4.78, 5) is 7.38. The molecule has 1 heterocycles. The Labute approximate surface area is 145 Å². The van der Waals surface area contributed by atoms with Crippen LogP contribution in [0.25, 0.3) is 0 Å². The summed E-state index contributed by atoms with van der Waals surface area (Å²) in [6, 6.07) is 8.64. The van der Waals surface area contributed by atoms with Crippen LogP contribution in [-0.4, -0.2) is 47.2 Å². The number of hydrogen-bond acceptors (Lipinski definition) is 3. The summed E-state index contributed by atoms with van der Waals surface area (Å²) in [7, 11) is 0. The van der Waals surface area contributed by atoms with Gasteiger partial charge in [-0.15, -0.1) is 0 Å². The predicted octanol–water partition coefficient (Wildman–Crippen LogP) is 3.18. The lowest BCUT2D eigenvalue weighted by Gasteiger charge is -2.38. The number of phenols is 1. The van der Waals surface area contributed by atoms with Crippen LogP contribution in [0.15, 0.2) is 29.3 Å². The van der Waals surface area contributed by atoms with Crippen molar-refractivity contribution in [1.29, 1.82) is 0 Å². The van der Waals surface area contributed by atoms with Crippen LogP contribution in [-0.2, 0) is 0 Å². The third-order valence-electron chi connectivity index (χ3n) is 4.89. The molecule has 2 atom stereocenters. The highest BCUT2D eigenvalue weighted by molar-refractivity contribution is 5.95. The largest absolute Gasteiger partial charge is 0.506 e. The van der Waals surface area contributed by atoms with Gasteiger partial charge in [-0.2, -0.15) is 0 Å². The zero-order valence-electron chi connectivity index (χ0n) is 14.8. The van der Waals surface area contributed by atoms with Crippen molar-refractivity contribution < 1.29 is 5.11 Å². The third-order valence-corrected chi connectivity index (χ3v) is 4.89. The van der Waals surface area contributed by atoms with E-state index >= 15 is 0 Å². The second-order valence-corrected chi connectivity index (χ2v) is 7.26. The molecule has 24 heavy (non-hydrogen) atoms. The van der Waals surface area contributed by atoms with Gasteiger partial charge in [-0.05, 0) is 38.8 Å². The van der Waals surface area contributed by atoms with Crippen molar-refractivity contribution in [3.8, 4) is 5.75 Å². The molecule has 0 bridgehead atoms. The maximum absolute atomic E-state index is 10.1. The summed E-state index contributed by atoms with van der Waals surface area (Å²) < 4.78 is 0. The smallest absolute Gasteiger partial charge is 0.198 e. The molecule has 5 nitrogen and oxygen atoms in total. The first-order chi connectivity index (χ1) is 11.6. The number of aromatic hydroxyl groups is 1. The van der Waals surface area contributed by atoms with Crippen LogP contribution in [0.4, 0.5) is 5.69 Å². The molecule has 3 rings (SSSR count). The minimum atomic E-state index is 0.269. The second kappa shape index (κ2) is 7.88. The third kappa shape index (κ3) is 4.41. The van der Waals surface area contributed by atoms with E-state index in [2.05, 4.69) is 29.4 Å². The standard InChI is InChI=1S/C19H30N4O/c1-14-12-23(13-15(2)20-14)19(21-16-8-4-3-5-9-16)22-17-10-6-7-11-18(17)24/h6-7,10-11,14-16,20,24H,3-5,8-9,12-13H2,1-2H3,(H,21,22). The number of rotatable bonds is 2. The van der Waals surface area contributed by atoms with Crippen LogP contribution in [0.3, 0.4) is 0 Å². The van der Waals surface area contributed by atoms with E-state index in [1.165, 1.54) is 32.1 Å². The van der Waals surface area contributed by atoms with Gasteiger partial charge in [-0.3, -0.25) is 0 Å². The molecule has 2 aliphatic rings. The van der Waals surface area contributed by atoms with Gasteiger partial charge in [0, 0.05) is 25.2 Å². The van der Waals surface area contributed by atoms with E-state index in [4.69, 9.17) is 4.99 Å². The van der Waals surface area contributed by atoms with Crippen LogP contribution in [0, 0.1) is 0 Å². The number of guanidine groups is 1. The van der Waals surface area contributed by atoms with Gasteiger partial charge >= 0.3 is 0 Å². The molecule has 0 spiro atoms. The van der Waals surface area contributed by atoms with Crippen LogP contribution >= 0.6 is 0 Å². The SMILES string of the molecule is CC1CN(C(=NC2CCCCC2)Nc2ccccc2O)CC(C)N1. The average Bonchev–Trinajstić information content (AvgIpc) is 2.56. The Morgan fingerprint density at radius 1 is 1.12 bits per heavy atom. The summed E-state index contributed by atoms with van der Waals surface area (Å²) in [6.07, 6.45) is 6.21. The van der Waals surface area contributed by atoms with Gasteiger partial charge in [0.15, 0.2) is 5.96 Å². The van der Waals surface area contributed by atoms with Crippen molar-refractivity contribution in [2.45, 2.75) is 64.1 Å². The van der Waals surface area contributed by atoms with Crippen LogP contribution in [0.1, 0.15) is 46.0 Å². The molecule has 1 saturated carbocycles. The lowest BCUT2D eigenvalue weighted by Crippen LogP contribution is -2.57. The lowest BCUT2D eigenvalue weighted by atomic mass is 9.96. The number of hydrogen-bond donors (Lipinski definition) is 3. The highest BCUT2D eigenvalue weighted by Gasteiger charge is 2.25. The molecule has 5 heteroatoms. The molecule has 2 unspecified atom stereocenters. The molecule has 3 N–H and O–H groups in total. The minimum absolute atomic E-state index is 0.269. The van der Waals surface area contributed by atoms with E-state index in [0.29, 0.717) is 18.1 Å². The number of phenolic OH excluding ortho intramolecular Hbond substituents is 1. The first kappa shape index (κ1) is 17.1. The Morgan fingerprint density at radius 2 is 1.79 bits per heavy atom. The molecule has 1 aliphatic carbocycles. The van der Waals surface area contributed by atoms with Gasteiger partial charge in [-0.1, -0.05) is 31.4 Å². The minimum Gasteiger partial charge on any atom is -0.506 e. The quantitative estimate of drug-likeness (QED) is 0.443. The van der Waals surface area contributed by atoms with Crippen LogP contribution in [0.2, 0.25) is 0 Å². The fourth-order valence-electron chi connectivity index (χ4n) is 3.78. The van der Waals surface area contributed by atoms with E-state index < -0.39 is 0 Å². The number of nitrogens with one attached hydrogen (secondary N) is 2. The van der Waals surface area contributed by atoms with Gasteiger partial charge in [0.25, 0.3) is 0 Å². The van der Waals surface area contributed by atoms with Crippen molar-refractivity contribution in [2.24, 2.45) is 4.99 Å². The summed E-state index contributed by atoms with van der Waals surface area (Å²) in [5.74, 6) is 1.17. The molecule has 2 fully saturated rings. The highest BCUT2D eigenvalue weighted by atomic mass is 16.3. The molecule has 0 radical (unpaired) electrons. The average molecular weight is 330 g/mol. The predicted molar refractivity (Wildman–Crippen MR) is 99.7 cm³/mol. The lowest BCUT2D eigenvalue weighted by molar-refractivity contribution is 0.252. The Morgan fingerprint density at radius 3 is 2.46 bits per heavy atom. The maximum atomic E-state index is 10.1. The van der Waals surface area contributed by atoms with E-state index in [1.54, 1.807) is 6.07 Å². The maximum Gasteiger partial charge on any atom is 0.198 e. The summed E-state index contributed by atoms with van der Waals surface area (Å²) in [5.41, 5.74) is 0.728. The van der Waals surface area contributed by atoms with Gasteiger partial charge in [0.2, 0.25) is 0 Å². The molecule has 0 aromatic heterocycles. The van der Waals surface area contributed by atoms with E-state index in [1.807, 2.05) is 18.2 Å². The Hall–Kier alpha value is -1.75. The zero-order valence-corrected chi connectivity index (χ0v) is 14.8. The van der Waals surface area contributed by atoms with Gasteiger partial charge in [0.1, 0.15) is 5.75 Å². The Kier molecular flexibility index (Phi) is 5.61. The van der Waals surface area contributed by atoms with Gasteiger partial charge in [-0.25, -0.2) is 4.99 Å². The fourth-order valence-corrected chi connectivity index (χ4v) is 3.78. The fraction of sp³-hybridized carbons (Fsp3) is 0.632. The molecule has 1 aromatic carbocycles. The van der Waals surface area contributed by atoms with Crippen molar-refractivity contribution >= 4 is 11.6 Å². The number of nitrogens with zero attached hydrogens (tertiary/aromatic N) is 2. The molecule has 1 aliphatic heterocycles. The highest BCUT2D eigenvalue weighted by Crippen LogP contribution is 2.24. The first-order valence-corrected chi connectivity index (χ1v) is 9.25. The van der Waals surface area contributed by atoms with E-state index in [9.17, 15) is 5.11 Å². The number of piperazine rings is 1. The van der Waals surface area contributed by atoms with Crippen molar-refractivity contribution in [2.75, 3.05) is 18.4 Å². The summed E-state index contributed by atoms with van der Waals surface area (Å²) in [5, 5.41) is 17.1. The monoisotopic (exact) mass is 330 g/mol. The number of anilines is 1. The van der Waals surface area contributed by atoms with E-state index in [0.717, 1.165) is 24.7 Å². The summed E-state index contributed by atoms with van der Waals surface area (Å²) >= 11 is 0. The van der Waals surface area contributed by atoms with Gasteiger partial charge in [0.05, 0.1) is 11.7 Å². The first-order valence-electron chi connectivity index (χ1n) is 9.25. The molecule has 1 saturated heterocycles. The zero-order chi connectivity index (χ0) is 16.9. The van der Waals surface area contributed by atoms with E-state index in [-0.39, 0.29) is 5.75 Å². The molecule has 0 amide bonds. The topological polar surface area (TPSA) is 59.9 Å². The Balaban J connectivity index is 1.82.